The lowest BCUT2D eigenvalue weighted by Crippen LogP contribution is -2.33. The van der Waals surface area contributed by atoms with E-state index in [2.05, 4.69) is 46.7 Å². The number of aromatic nitrogens is 2. The smallest absolute Gasteiger partial charge is 0.0870 e. The molecule has 1 rings (SSSR count). The molecule has 0 bridgehead atoms. The third-order valence-electron chi connectivity index (χ3n) is 2.89. The number of halogens is 1. The van der Waals surface area contributed by atoms with Gasteiger partial charge in [0.25, 0.3) is 0 Å². The molecule has 1 aromatic rings. The Morgan fingerprint density at radius 1 is 1.44 bits per heavy atom. The molecular weight excluding hydrogens is 312 g/mol. The van der Waals surface area contributed by atoms with E-state index < -0.39 is 0 Å². The van der Waals surface area contributed by atoms with Crippen molar-refractivity contribution in [3.63, 3.8) is 0 Å². The summed E-state index contributed by atoms with van der Waals surface area (Å²) in [6.07, 6.45) is 0.933. The molecule has 0 saturated carbocycles. The van der Waals surface area contributed by atoms with Crippen molar-refractivity contribution >= 4 is 33.1 Å². The van der Waals surface area contributed by atoms with Crippen molar-refractivity contribution < 1.29 is 0 Å². The number of likely N-dealkylation sites (N-methyl/N-ethyl adjacent to an activating group) is 1. The fourth-order valence-corrected chi connectivity index (χ4v) is 2.75. The zero-order valence-electron chi connectivity index (χ0n) is 11.2. The van der Waals surface area contributed by atoms with Gasteiger partial charge in [-0.05, 0) is 35.8 Å². The van der Waals surface area contributed by atoms with Crippen molar-refractivity contribution in [2.45, 2.75) is 40.3 Å². The maximum atomic E-state index is 5.62. The first-order valence-electron chi connectivity index (χ1n) is 6.28. The molecule has 0 aliphatic heterocycles. The fourth-order valence-electron chi connectivity index (χ4n) is 1.88. The topological polar surface area (TPSA) is 47.1 Å². The Morgan fingerprint density at radius 3 is 2.56 bits per heavy atom. The van der Waals surface area contributed by atoms with Gasteiger partial charge in [0.15, 0.2) is 0 Å². The van der Waals surface area contributed by atoms with Gasteiger partial charge in [0.2, 0.25) is 0 Å². The third-order valence-corrected chi connectivity index (χ3v) is 3.94. The number of nitrogens with zero attached hydrogens (tertiary/aromatic N) is 3. The van der Waals surface area contributed by atoms with E-state index in [1.54, 1.807) is 0 Å². The van der Waals surface area contributed by atoms with Gasteiger partial charge < -0.3 is 5.73 Å². The van der Waals surface area contributed by atoms with E-state index in [9.17, 15) is 0 Å². The highest BCUT2D eigenvalue weighted by atomic mass is 79.9. The van der Waals surface area contributed by atoms with Crippen LogP contribution in [0.15, 0.2) is 4.47 Å². The fraction of sp³-hybridized carbons (Fsp3) is 0.667. The third kappa shape index (κ3) is 3.76. The van der Waals surface area contributed by atoms with Gasteiger partial charge in [0.05, 0.1) is 20.8 Å². The Bertz CT molecular complexity index is 416. The maximum absolute atomic E-state index is 5.62. The average molecular weight is 333 g/mol. The van der Waals surface area contributed by atoms with E-state index in [0.717, 1.165) is 36.2 Å². The summed E-state index contributed by atoms with van der Waals surface area (Å²) >= 11 is 8.63. The second kappa shape index (κ2) is 7.21. The summed E-state index contributed by atoms with van der Waals surface area (Å²) in [4.78, 5) is 2.75. The molecule has 1 aromatic heterocycles. The van der Waals surface area contributed by atoms with Crippen LogP contribution in [0.5, 0.6) is 0 Å². The van der Waals surface area contributed by atoms with Crippen LogP contribution in [0.3, 0.4) is 0 Å². The van der Waals surface area contributed by atoms with Gasteiger partial charge in [-0.25, -0.2) is 0 Å². The number of aryl methyl sites for hydroxylation is 2. The SMILES string of the molecule is CCc1nn(CC)c(CN(CC)CC(N)=S)c1Br. The number of thiocarbonyl (C=S) groups is 1. The molecule has 0 amide bonds. The maximum Gasteiger partial charge on any atom is 0.0870 e. The monoisotopic (exact) mass is 332 g/mol. The molecule has 0 atom stereocenters. The second-order valence-corrected chi connectivity index (χ2v) is 5.46. The standard InChI is InChI=1S/C12H21BrN4S/c1-4-9-12(13)10(17(6-3)15-9)7-16(5-2)8-11(14)18/h4-8H2,1-3H3,(H2,14,18). The molecule has 18 heavy (non-hydrogen) atoms. The van der Waals surface area contributed by atoms with E-state index in [1.165, 1.54) is 5.69 Å². The first-order chi connectivity index (χ1) is 8.53. The number of rotatable bonds is 7. The highest BCUT2D eigenvalue weighted by Crippen LogP contribution is 2.23. The van der Waals surface area contributed by atoms with Crippen LogP contribution in [0.25, 0.3) is 0 Å². The predicted molar refractivity (Wildman–Crippen MR) is 82.7 cm³/mol. The molecule has 0 saturated heterocycles. The molecule has 0 aromatic carbocycles. The van der Waals surface area contributed by atoms with Gasteiger partial charge in [0, 0.05) is 19.6 Å². The van der Waals surface area contributed by atoms with Crippen LogP contribution in [-0.4, -0.2) is 32.8 Å². The van der Waals surface area contributed by atoms with E-state index in [-0.39, 0.29) is 0 Å². The van der Waals surface area contributed by atoms with Gasteiger partial charge >= 0.3 is 0 Å². The Hall–Kier alpha value is -0.460. The normalized spacial score (nSPS) is 11.2. The molecule has 2 N–H and O–H groups in total. The second-order valence-electron chi connectivity index (χ2n) is 4.15. The summed E-state index contributed by atoms with van der Waals surface area (Å²) in [5, 5.41) is 4.59. The highest BCUT2D eigenvalue weighted by molar-refractivity contribution is 9.10. The molecule has 0 spiro atoms. The van der Waals surface area contributed by atoms with E-state index in [0.29, 0.717) is 11.5 Å². The van der Waals surface area contributed by atoms with Crippen LogP contribution in [0.4, 0.5) is 0 Å². The molecule has 0 radical (unpaired) electrons. The summed E-state index contributed by atoms with van der Waals surface area (Å²) < 4.78 is 3.17. The molecule has 0 unspecified atom stereocenters. The lowest BCUT2D eigenvalue weighted by Gasteiger charge is -2.20. The van der Waals surface area contributed by atoms with Crippen molar-refractivity contribution in [2.75, 3.05) is 13.1 Å². The Labute approximate surface area is 123 Å². The van der Waals surface area contributed by atoms with Gasteiger partial charge in [-0.15, -0.1) is 0 Å². The lowest BCUT2D eigenvalue weighted by atomic mass is 10.3. The van der Waals surface area contributed by atoms with Crippen LogP contribution >= 0.6 is 28.1 Å². The molecule has 6 heteroatoms. The molecule has 0 aliphatic rings. The largest absolute Gasteiger partial charge is 0.392 e. The number of nitrogens with two attached hydrogens (primary N) is 1. The van der Waals surface area contributed by atoms with E-state index >= 15 is 0 Å². The predicted octanol–water partition coefficient (Wildman–Crippen LogP) is 2.34. The van der Waals surface area contributed by atoms with Crippen molar-refractivity contribution in [3.8, 4) is 0 Å². The summed E-state index contributed by atoms with van der Waals surface area (Å²) in [5.74, 6) is 0. The minimum Gasteiger partial charge on any atom is -0.392 e. The van der Waals surface area contributed by atoms with Crippen molar-refractivity contribution in [2.24, 2.45) is 5.73 Å². The van der Waals surface area contributed by atoms with E-state index in [1.807, 2.05) is 4.68 Å². The first-order valence-corrected chi connectivity index (χ1v) is 7.48. The van der Waals surface area contributed by atoms with Crippen LogP contribution in [0, 0.1) is 0 Å². The van der Waals surface area contributed by atoms with Crippen LogP contribution < -0.4 is 5.73 Å². The minimum absolute atomic E-state index is 0.534. The van der Waals surface area contributed by atoms with Gasteiger partial charge in [0.1, 0.15) is 0 Å². The zero-order valence-corrected chi connectivity index (χ0v) is 13.6. The lowest BCUT2D eigenvalue weighted by molar-refractivity contribution is 0.308. The Balaban J connectivity index is 2.93. The highest BCUT2D eigenvalue weighted by Gasteiger charge is 2.16. The molecule has 4 nitrogen and oxygen atoms in total. The van der Waals surface area contributed by atoms with Crippen molar-refractivity contribution in [1.82, 2.24) is 14.7 Å². The molecule has 1 heterocycles. The minimum atomic E-state index is 0.534. The summed E-state index contributed by atoms with van der Waals surface area (Å²) in [6.45, 7) is 9.58. The van der Waals surface area contributed by atoms with Crippen molar-refractivity contribution in [3.05, 3.63) is 15.9 Å². The first kappa shape index (κ1) is 15.6. The zero-order chi connectivity index (χ0) is 13.7. The quantitative estimate of drug-likeness (QED) is 0.778. The summed E-state index contributed by atoms with van der Waals surface area (Å²) in [6, 6.07) is 0. The molecular formula is C12H21BrN4S. The van der Waals surface area contributed by atoms with Gasteiger partial charge in [-0.3, -0.25) is 9.58 Å². The Kier molecular flexibility index (Phi) is 6.25. The van der Waals surface area contributed by atoms with Gasteiger partial charge in [-0.1, -0.05) is 26.1 Å². The average Bonchev–Trinajstić information content (AvgIpc) is 2.64. The number of hydrogen-bond donors (Lipinski definition) is 1. The van der Waals surface area contributed by atoms with Crippen molar-refractivity contribution in [1.29, 1.82) is 0 Å². The van der Waals surface area contributed by atoms with E-state index in [4.69, 9.17) is 18.0 Å². The molecule has 0 fully saturated rings. The summed E-state index contributed by atoms with van der Waals surface area (Å²) in [5.41, 5.74) is 7.93. The molecule has 0 aliphatic carbocycles. The van der Waals surface area contributed by atoms with Crippen LogP contribution in [0.1, 0.15) is 32.2 Å². The summed E-state index contributed by atoms with van der Waals surface area (Å²) in [7, 11) is 0. The van der Waals surface area contributed by atoms with Crippen LogP contribution in [-0.2, 0) is 19.5 Å². The Morgan fingerprint density at radius 2 is 2.11 bits per heavy atom. The number of hydrogen-bond acceptors (Lipinski definition) is 3. The van der Waals surface area contributed by atoms with Crippen LogP contribution in [0.2, 0.25) is 0 Å². The van der Waals surface area contributed by atoms with Gasteiger partial charge in [-0.2, -0.15) is 5.10 Å². The molecule has 102 valence electrons.